The van der Waals surface area contributed by atoms with E-state index >= 15 is 0 Å². The van der Waals surface area contributed by atoms with Crippen molar-refractivity contribution in [3.05, 3.63) is 56.7 Å². The van der Waals surface area contributed by atoms with Crippen molar-refractivity contribution in [3.63, 3.8) is 0 Å². The summed E-state index contributed by atoms with van der Waals surface area (Å²) in [5.74, 6) is 0.568. The van der Waals surface area contributed by atoms with Gasteiger partial charge < -0.3 is 10.2 Å². The minimum absolute atomic E-state index is 0.00279. The zero-order valence-electron chi connectivity index (χ0n) is 16.1. The molecule has 2 aromatic rings. The molecule has 1 saturated heterocycles. The molecule has 2 aromatic heterocycles. The largest absolute Gasteiger partial charge is 0.356 e. The predicted octanol–water partition coefficient (Wildman–Crippen LogP) is 1.18. The summed E-state index contributed by atoms with van der Waals surface area (Å²) in [5, 5.41) is 3.61. The Kier molecular flexibility index (Phi) is 5.46. The van der Waals surface area contributed by atoms with E-state index in [1.807, 2.05) is 0 Å². The number of halogens is 1. The topological polar surface area (TPSA) is 72.2 Å². The minimum atomic E-state index is -0.347. The van der Waals surface area contributed by atoms with E-state index in [0.717, 1.165) is 23.2 Å². The summed E-state index contributed by atoms with van der Waals surface area (Å²) in [5.41, 5.74) is 0.176. The Labute approximate surface area is 157 Å². The van der Waals surface area contributed by atoms with E-state index < -0.39 is 0 Å². The first-order valence-corrected chi connectivity index (χ1v) is 9.17. The normalized spacial score (nSPS) is 18.3. The minimum Gasteiger partial charge on any atom is -0.356 e. The van der Waals surface area contributed by atoms with Crippen molar-refractivity contribution >= 4 is 5.82 Å². The van der Waals surface area contributed by atoms with Crippen LogP contribution in [0.5, 0.6) is 0 Å². The first kappa shape index (κ1) is 19.3. The van der Waals surface area contributed by atoms with Crippen LogP contribution in [0.25, 0.3) is 0 Å². The number of anilines is 1. The number of pyridine rings is 1. The van der Waals surface area contributed by atoms with Gasteiger partial charge in [-0.2, -0.15) is 0 Å². The van der Waals surface area contributed by atoms with Crippen LogP contribution in [0.1, 0.15) is 32.0 Å². The van der Waals surface area contributed by atoms with E-state index in [2.05, 4.69) is 29.0 Å². The van der Waals surface area contributed by atoms with Crippen molar-refractivity contribution < 1.29 is 4.39 Å². The molecule has 1 unspecified atom stereocenters. The second-order valence-corrected chi connectivity index (χ2v) is 7.46. The van der Waals surface area contributed by atoms with Gasteiger partial charge in [-0.05, 0) is 24.5 Å². The summed E-state index contributed by atoms with van der Waals surface area (Å²) in [6, 6.07) is 4.83. The molecule has 7 nitrogen and oxygen atoms in total. The summed E-state index contributed by atoms with van der Waals surface area (Å²) in [6.45, 7) is 5.63. The van der Waals surface area contributed by atoms with Gasteiger partial charge >= 0.3 is 5.69 Å². The second kappa shape index (κ2) is 7.64. The lowest BCUT2D eigenvalue weighted by atomic mass is 9.99. The maximum absolute atomic E-state index is 13.2. The average Bonchev–Trinajstić information content (AvgIpc) is 3.10. The van der Waals surface area contributed by atoms with Crippen LogP contribution in [-0.4, -0.2) is 33.2 Å². The molecule has 146 valence electrons. The number of hydrogen-bond acceptors (Lipinski definition) is 5. The van der Waals surface area contributed by atoms with Crippen LogP contribution in [0, 0.1) is 11.7 Å². The number of aromatic nitrogens is 3. The van der Waals surface area contributed by atoms with Crippen LogP contribution in [-0.2, 0) is 14.1 Å². The van der Waals surface area contributed by atoms with E-state index in [0.29, 0.717) is 12.4 Å². The molecule has 0 aliphatic carbocycles. The van der Waals surface area contributed by atoms with Gasteiger partial charge in [0.25, 0.3) is 5.56 Å². The van der Waals surface area contributed by atoms with Gasteiger partial charge in [-0.15, -0.1) is 0 Å². The molecule has 3 heterocycles. The first-order chi connectivity index (χ1) is 12.8. The Morgan fingerprint density at radius 3 is 2.59 bits per heavy atom. The summed E-state index contributed by atoms with van der Waals surface area (Å²) in [4.78, 5) is 30.4. The molecule has 8 heteroatoms. The van der Waals surface area contributed by atoms with Crippen LogP contribution in [0.4, 0.5) is 10.2 Å². The Morgan fingerprint density at radius 1 is 1.22 bits per heavy atom. The van der Waals surface area contributed by atoms with Crippen LogP contribution in [0.3, 0.4) is 0 Å². The van der Waals surface area contributed by atoms with Crippen molar-refractivity contribution in [2.45, 2.75) is 32.4 Å². The lowest BCUT2D eigenvalue weighted by Crippen LogP contribution is -2.41. The molecule has 0 spiro atoms. The summed E-state index contributed by atoms with van der Waals surface area (Å²) < 4.78 is 15.8. The van der Waals surface area contributed by atoms with Gasteiger partial charge in [-0.1, -0.05) is 13.8 Å². The average molecular weight is 375 g/mol. The highest BCUT2D eigenvalue weighted by molar-refractivity contribution is 5.40. The van der Waals surface area contributed by atoms with Crippen molar-refractivity contribution in [1.82, 2.24) is 19.4 Å². The number of nitrogens with one attached hydrogen (secondary N) is 1. The molecule has 1 aliphatic heterocycles. The van der Waals surface area contributed by atoms with Crippen LogP contribution in [0.15, 0.2) is 34.0 Å². The number of nitrogens with zero attached hydrogens (tertiary/aromatic N) is 4. The molecule has 2 atom stereocenters. The van der Waals surface area contributed by atoms with Gasteiger partial charge in [0.1, 0.15) is 11.6 Å². The Bertz CT molecular complexity index is 919. The monoisotopic (exact) mass is 375 g/mol. The van der Waals surface area contributed by atoms with E-state index in [9.17, 15) is 14.0 Å². The summed E-state index contributed by atoms with van der Waals surface area (Å²) in [6.07, 6.45) is 2.12. The molecular formula is C19H26FN5O2. The zero-order chi connectivity index (χ0) is 19.7. The fraction of sp³-hybridized carbons (Fsp3) is 0.526. The van der Waals surface area contributed by atoms with E-state index in [-0.39, 0.29) is 35.1 Å². The fourth-order valence-electron chi connectivity index (χ4n) is 3.57. The maximum Gasteiger partial charge on any atom is 0.332 e. The van der Waals surface area contributed by atoms with Gasteiger partial charge in [0.05, 0.1) is 17.9 Å². The smallest absolute Gasteiger partial charge is 0.332 e. The number of hydrogen-bond donors (Lipinski definition) is 1. The fourth-order valence-corrected chi connectivity index (χ4v) is 3.57. The molecule has 0 bridgehead atoms. The van der Waals surface area contributed by atoms with Gasteiger partial charge in [0.15, 0.2) is 0 Å². The highest BCUT2D eigenvalue weighted by Gasteiger charge is 2.28. The van der Waals surface area contributed by atoms with Crippen molar-refractivity contribution in [2.24, 2.45) is 20.0 Å². The lowest BCUT2D eigenvalue weighted by molar-refractivity contribution is 0.362. The maximum atomic E-state index is 13.2. The van der Waals surface area contributed by atoms with Crippen LogP contribution in [0.2, 0.25) is 0 Å². The lowest BCUT2D eigenvalue weighted by Gasteiger charge is -2.27. The van der Waals surface area contributed by atoms with Gasteiger partial charge in [-0.25, -0.2) is 9.18 Å². The van der Waals surface area contributed by atoms with E-state index in [1.165, 1.54) is 29.9 Å². The zero-order valence-corrected chi connectivity index (χ0v) is 16.1. The Morgan fingerprint density at radius 2 is 1.96 bits per heavy atom. The molecule has 0 saturated carbocycles. The van der Waals surface area contributed by atoms with Crippen molar-refractivity contribution in [2.75, 3.05) is 18.0 Å². The third kappa shape index (κ3) is 3.95. The highest BCUT2D eigenvalue weighted by Crippen LogP contribution is 2.24. The van der Waals surface area contributed by atoms with Gasteiger partial charge in [-0.3, -0.25) is 18.9 Å². The molecule has 0 aromatic carbocycles. The molecule has 1 fully saturated rings. The molecular weight excluding hydrogens is 349 g/mol. The van der Waals surface area contributed by atoms with E-state index in [1.54, 1.807) is 13.1 Å². The molecule has 27 heavy (non-hydrogen) atoms. The standard InChI is InChI=1S/C19H26FN5O2/c1-12(2)18(15-6-5-13(20)10-21-15)22-14-7-8-25(11-14)16-9-17(26)24(4)19(27)23(16)3/h5-6,9-10,12,14,18,22H,7-8,11H2,1-4H3/t14-,18?/m1/s1. The Balaban J connectivity index is 1.77. The number of rotatable bonds is 5. The Hall–Kier alpha value is -2.48. The molecule has 1 N–H and O–H groups in total. The van der Waals surface area contributed by atoms with E-state index in [4.69, 9.17) is 0 Å². The van der Waals surface area contributed by atoms with Crippen LogP contribution >= 0.6 is 0 Å². The first-order valence-electron chi connectivity index (χ1n) is 9.17. The summed E-state index contributed by atoms with van der Waals surface area (Å²) >= 11 is 0. The highest BCUT2D eigenvalue weighted by atomic mass is 19.1. The van der Waals surface area contributed by atoms with Crippen molar-refractivity contribution in [1.29, 1.82) is 0 Å². The molecule has 0 radical (unpaired) electrons. The van der Waals surface area contributed by atoms with Crippen LogP contribution < -0.4 is 21.5 Å². The summed E-state index contributed by atoms with van der Waals surface area (Å²) in [7, 11) is 3.16. The molecule has 1 aliphatic rings. The molecule has 3 rings (SSSR count). The van der Waals surface area contributed by atoms with Gasteiger partial charge in [0, 0.05) is 39.3 Å². The second-order valence-electron chi connectivity index (χ2n) is 7.46. The van der Waals surface area contributed by atoms with Crippen molar-refractivity contribution in [3.8, 4) is 0 Å². The third-order valence-electron chi connectivity index (χ3n) is 5.16. The predicted molar refractivity (Wildman–Crippen MR) is 102 cm³/mol. The SMILES string of the molecule is CC(C)C(N[C@@H]1CCN(c2cc(=O)n(C)c(=O)n2C)C1)c1ccc(F)cn1. The molecule has 0 amide bonds. The third-order valence-corrected chi connectivity index (χ3v) is 5.16. The van der Waals surface area contributed by atoms with Gasteiger partial charge in [0.2, 0.25) is 0 Å². The quantitative estimate of drug-likeness (QED) is 0.850.